The van der Waals surface area contributed by atoms with E-state index < -0.39 is 0 Å². The minimum absolute atomic E-state index is 0.0519. The normalized spacial score (nSPS) is 18.5. The van der Waals surface area contributed by atoms with Gasteiger partial charge in [0.2, 0.25) is 5.91 Å². The van der Waals surface area contributed by atoms with Crippen LogP contribution in [0.4, 0.5) is 5.69 Å². The highest BCUT2D eigenvalue weighted by Crippen LogP contribution is 2.27. The quantitative estimate of drug-likeness (QED) is 0.443. The van der Waals surface area contributed by atoms with E-state index in [-0.39, 0.29) is 23.7 Å². The molecule has 6 heteroatoms. The second kappa shape index (κ2) is 9.06. The molecule has 3 aromatic rings. The van der Waals surface area contributed by atoms with Gasteiger partial charge in [0.15, 0.2) is 0 Å². The van der Waals surface area contributed by atoms with E-state index in [9.17, 15) is 14.4 Å². The lowest BCUT2D eigenvalue weighted by Crippen LogP contribution is -2.43. The summed E-state index contributed by atoms with van der Waals surface area (Å²) in [5.74, 6) is -0.164. The number of benzene rings is 3. The molecule has 0 radical (unpaired) electrons. The van der Waals surface area contributed by atoms with Crippen LogP contribution in [-0.4, -0.2) is 42.3 Å². The molecule has 168 valence electrons. The summed E-state index contributed by atoms with van der Waals surface area (Å²) in [5.41, 5.74) is 1.48. The molecule has 2 aliphatic heterocycles. The molecule has 5 rings (SSSR count). The van der Waals surface area contributed by atoms with Crippen LogP contribution in [-0.2, 0) is 9.59 Å². The summed E-state index contributed by atoms with van der Waals surface area (Å²) in [6.45, 7) is 1.70. The SMILES string of the molecule is O=C(Oc1ccc(N2CCCC2=O)cc1)C1CCCN(C(=O)c2cccc3ccccc23)C1. The molecule has 0 bridgehead atoms. The summed E-state index contributed by atoms with van der Waals surface area (Å²) in [6, 6.07) is 20.6. The summed E-state index contributed by atoms with van der Waals surface area (Å²) < 4.78 is 5.62. The van der Waals surface area contributed by atoms with Crippen molar-refractivity contribution in [3.63, 3.8) is 0 Å². The van der Waals surface area contributed by atoms with Crippen molar-refractivity contribution in [2.75, 3.05) is 24.5 Å². The van der Waals surface area contributed by atoms with Gasteiger partial charge in [0, 0.05) is 37.3 Å². The predicted octanol–water partition coefficient (Wildman–Crippen LogP) is 4.42. The third-order valence-electron chi connectivity index (χ3n) is 6.50. The number of rotatable bonds is 4. The number of carbonyl (C=O) groups is 3. The van der Waals surface area contributed by atoms with Gasteiger partial charge in [-0.05, 0) is 60.4 Å². The van der Waals surface area contributed by atoms with Gasteiger partial charge in [-0.25, -0.2) is 0 Å². The summed E-state index contributed by atoms with van der Waals surface area (Å²) >= 11 is 0. The lowest BCUT2D eigenvalue weighted by Gasteiger charge is -2.32. The van der Waals surface area contributed by atoms with Crippen LogP contribution in [0, 0.1) is 5.92 Å². The number of hydrogen-bond donors (Lipinski definition) is 0. The molecule has 0 aliphatic carbocycles. The average Bonchev–Trinajstić information content (AvgIpc) is 3.29. The first-order valence-electron chi connectivity index (χ1n) is 11.5. The van der Waals surface area contributed by atoms with Crippen LogP contribution in [0.1, 0.15) is 36.0 Å². The number of likely N-dealkylation sites (tertiary alicyclic amines) is 1. The molecule has 3 aromatic carbocycles. The van der Waals surface area contributed by atoms with Crippen LogP contribution in [0.15, 0.2) is 66.7 Å². The first-order chi connectivity index (χ1) is 16.1. The molecule has 2 saturated heterocycles. The topological polar surface area (TPSA) is 66.9 Å². The Morgan fingerprint density at radius 2 is 1.67 bits per heavy atom. The van der Waals surface area contributed by atoms with Gasteiger partial charge in [-0.1, -0.05) is 36.4 Å². The third kappa shape index (κ3) is 4.33. The number of anilines is 1. The fraction of sp³-hybridized carbons (Fsp3) is 0.296. The maximum Gasteiger partial charge on any atom is 0.316 e. The number of amides is 2. The molecule has 0 N–H and O–H groups in total. The number of piperidine rings is 1. The Hall–Kier alpha value is -3.67. The van der Waals surface area contributed by atoms with Gasteiger partial charge in [0.1, 0.15) is 5.75 Å². The minimum atomic E-state index is -0.363. The lowest BCUT2D eigenvalue weighted by atomic mass is 9.96. The number of ether oxygens (including phenoxy) is 1. The van der Waals surface area contributed by atoms with Crippen molar-refractivity contribution < 1.29 is 19.1 Å². The fourth-order valence-corrected chi connectivity index (χ4v) is 4.75. The maximum atomic E-state index is 13.3. The molecule has 33 heavy (non-hydrogen) atoms. The van der Waals surface area contributed by atoms with Crippen molar-refractivity contribution in [1.82, 2.24) is 4.90 Å². The Morgan fingerprint density at radius 3 is 2.45 bits per heavy atom. The Morgan fingerprint density at radius 1 is 0.879 bits per heavy atom. The third-order valence-corrected chi connectivity index (χ3v) is 6.50. The van der Waals surface area contributed by atoms with E-state index in [1.807, 2.05) is 54.6 Å². The first-order valence-corrected chi connectivity index (χ1v) is 11.5. The van der Waals surface area contributed by atoms with Crippen LogP contribution < -0.4 is 9.64 Å². The van der Waals surface area contributed by atoms with Gasteiger partial charge >= 0.3 is 5.97 Å². The standard InChI is InChI=1S/C27H26N2O4/c30-25-11-5-17-29(25)21-12-14-22(15-13-21)33-27(32)20-8-4-16-28(18-20)26(31)24-10-3-7-19-6-1-2-9-23(19)24/h1-3,6-7,9-10,12-15,20H,4-5,8,11,16-18H2. The van der Waals surface area contributed by atoms with Gasteiger partial charge < -0.3 is 14.5 Å². The summed E-state index contributed by atoms with van der Waals surface area (Å²) in [6.07, 6.45) is 2.89. The molecule has 6 nitrogen and oxygen atoms in total. The molecule has 2 fully saturated rings. The molecule has 0 aromatic heterocycles. The van der Waals surface area contributed by atoms with E-state index in [1.165, 1.54) is 0 Å². The molecule has 2 amide bonds. The fourth-order valence-electron chi connectivity index (χ4n) is 4.75. The molecule has 1 atom stereocenters. The Labute approximate surface area is 192 Å². The molecular formula is C27H26N2O4. The Bertz CT molecular complexity index is 1200. The van der Waals surface area contributed by atoms with Crippen molar-refractivity contribution in [2.24, 2.45) is 5.92 Å². The zero-order valence-electron chi connectivity index (χ0n) is 18.4. The van der Waals surface area contributed by atoms with E-state index in [0.29, 0.717) is 37.2 Å². The van der Waals surface area contributed by atoms with E-state index in [1.54, 1.807) is 21.9 Å². The zero-order chi connectivity index (χ0) is 22.8. The van der Waals surface area contributed by atoms with E-state index in [2.05, 4.69) is 0 Å². The van der Waals surface area contributed by atoms with Gasteiger partial charge in [-0.2, -0.15) is 0 Å². The van der Waals surface area contributed by atoms with E-state index >= 15 is 0 Å². The highest BCUT2D eigenvalue weighted by atomic mass is 16.5. The molecule has 0 saturated carbocycles. The second-order valence-corrected chi connectivity index (χ2v) is 8.68. The smallest absolute Gasteiger partial charge is 0.316 e. The highest BCUT2D eigenvalue weighted by Gasteiger charge is 2.31. The van der Waals surface area contributed by atoms with Gasteiger partial charge in [0.25, 0.3) is 5.91 Å². The average molecular weight is 443 g/mol. The van der Waals surface area contributed by atoms with Crippen LogP contribution >= 0.6 is 0 Å². The molecule has 2 aliphatic rings. The van der Waals surface area contributed by atoms with Crippen molar-refractivity contribution in [3.8, 4) is 5.75 Å². The van der Waals surface area contributed by atoms with Crippen molar-refractivity contribution >= 4 is 34.2 Å². The summed E-state index contributed by atoms with van der Waals surface area (Å²) in [5, 5.41) is 1.95. The predicted molar refractivity (Wildman–Crippen MR) is 126 cm³/mol. The monoisotopic (exact) mass is 442 g/mol. The molecule has 2 heterocycles. The Balaban J connectivity index is 1.25. The summed E-state index contributed by atoms with van der Waals surface area (Å²) in [7, 11) is 0. The van der Waals surface area contributed by atoms with Crippen LogP contribution in [0.5, 0.6) is 5.75 Å². The van der Waals surface area contributed by atoms with Gasteiger partial charge in [0.05, 0.1) is 5.92 Å². The number of nitrogens with zero attached hydrogens (tertiary/aromatic N) is 2. The number of hydrogen-bond acceptors (Lipinski definition) is 4. The number of esters is 1. The van der Waals surface area contributed by atoms with Gasteiger partial charge in [-0.3, -0.25) is 14.4 Å². The zero-order valence-corrected chi connectivity index (χ0v) is 18.4. The largest absolute Gasteiger partial charge is 0.426 e. The van der Waals surface area contributed by atoms with Crippen LogP contribution in [0.3, 0.4) is 0 Å². The Kier molecular flexibility index (Phi) is 5.82. The first kappa shape index (κ1) is 21.2. The maximum absolute atomic E-state index is 13.3. The molecule has 0 spiro atoms. The second-order valence-electron chi connectivity index (χ2n) is 8.68. The number of fused-ring (bicyclic) bond motifs is 1. The van der Waals surface area contributed by atoms with Crippen molar-refractivity contribution in [3.05, 3.63) is 72.3 Å². The minimum Gasteiger partial charge on any atom is -0.426 e. The lowest BCUT2D eigenvalue weighted by molar-refractivity contribution is -0.140. The van der Waals surface area contributed by atoms with Crippen molar-refractivity contribution in [1.29, 1.82) is 0 Å². The van der Waals surface area contributed by atoms with Crippen LogP contribution in [0.25, 0.3) is 10.8 Å². The summed E-state index contributed by atoms with van der Waals surface area (Å²) in [4.78, 5) is 41.6. The van der Waals surface area contributed by atoms with E-state index in [0.717, 1.165) is 35.8 Å². The van der Waals surface area contributed by atoms with Crippen LogP contribution in [0.2, 0.25) is 0 Å². The van der Waals surface area contributed by atoms with E-state index in [4.69, 9.17) is 4.74 Å². The van der Waals surface area contributed by atoms with Crippen molar-refractivity contribution in [2.45, 2.75) is 25.7 Å². The highest BCUT2D eigenvalue weighted by molar-refractivity contribution is 6.07. The van der Waals surface area contributed by atoms with Gasteiger partial charge in [-0.15, -0.1) is 0 Å². The molecule has 1 unspecified atom stereocenters. The molecular weight excluding hydrogens is 416 g/mol. The number of carbonyl (C=O) groups excluding carboxylic acids is 3.